The van der Waals surface area contributed by atoms with Gasteiger partial charge in [-0.05, 0) is 83.5 Å². The molecule has 0 spiro atoms. The first-order valence-corrected chi connectivity index (χ1v) is 16.5. The fourth-order valence-electron chi connectivity index (χ4n) is 5.72. The third-order valence-electron chi connectivity index (χ3n) is 7.78. The summed E-state index contributed by atoms with van der Waals surface area (Å²) >= 11 is 0. The number of benzene rings is 3. The summed E-state index contributed by atoms with van der Waals surface area (Å²) in [5.41, 5.74) is -0.186. The lowest BCUT2D eigenvalue weighted by Gasteiger charge is -2.44. The molecule has 0 radical (unpaired) electrons. The average molecular weight is 663 g/mol. The number of likely N-dealkylation sites (tertiary alicyclic amines) is 1. The molecule has 48 heavy (non-hydrogen) atoms. The molecule has 0 bridgehead atoms. The molecule has 1 aliphatic heterocycles. The highest BCUT2D eigenvalue weighted by Crippen LogP contribution is 2.32. The Hall–Kier alpha value is -4.44. The maximum absolute atomic E-state index is 14.2. The van der Waals surface area contributed by atoms with E-state index < -0.39 is 11.7 Å². The number of amides is 2. The lowest BCUT2D eigenvalue weighted by molar-refractivity contribution is -0.00552. The van der Waals surface area contributed by atoms with Crippen molar-refractivity contribution in [2.75, 3.05) is 47.1 Å². The molecule has 2 amide bonds. The van der Waals surface area contributed by atoms with E-state index in [4.69, 9.17) is 28.4 Å². The third kappa shape index (κ3) is 10.5. The van der Waals surface area contributed by atoms with Crippen molar-refractivity contribution < 1.29 is 38.0 Å². The standard InChI is InChI=1S/C38H50N2O8/c1-27(2)40(36(41)29-17-18-34(44-7)35(22-29)45-20-12-19-43-6)30-21-28(24-39(25-30)37(42)48-38(3,4)5)26-46-32-15-11-16-33(23-32)47-31-13-9-8-10-14-31/h8-11,13-18,22-23,27-28,30H,12,19-21,24-26H2,1-7H3/t28-,30+/m0/s1. The molecule has 0 N–H and O–H groups in total. The van der Waals surface area contributed by atoms with Crippen molar-refractivity contribution in [3.05, 3.63) is 78.4 Å². The van der Waals surface area contributed by atoms with Gasteiger partial charge in [0.15, 0.2) is 11.5 Å². The highest BCUT2D eigenvalue weighted by Gasteiger charge is 2.38. The molecule has 1 fully saturated rings. The normalized spacial score (nSPS) is 16.3. The first-order chi connectivity index (χ1) is 23.0. The van der Waals surface area contributed by atoms with Crippen LogP contribution < -0.4 is 18.9 Å². The molecule has 10 heteroatoms. The molecule has 0 aliphatic carbocycles. The van der Waals surface area contributed by atoms with E-state index in [-0.39, 0.29) is 23.9 Å². The molecule has 10 nitrogen and oxygen atoms in total. The smallest absolute Gasteiger partial charge is 0.410 e. The molecule has 2 atom stereocenters. The predicted molar refractivity (Wildman–Crippen MR) is 184 cm³/mol. The quantitative estimate of drug-likeness (QED) is 0.164. The fraction of sp³-hybridized carbons (Fsp3) is 0.474. The second-order valence-corrected chi connectivity index (χ2v) is 13.2. The minimum Gasteiger partial charge on any atom is -0.493 e. The molecular formula is C38H50N2O8. The van der Waals surface area contributed by atoms with Crippen molar-refractivity contribution in [1.29, 1.82) is 0 Å². The van der Waals surface area contributed by atoms with E-state index in [0.717, 1.165) is 5.75 Å². The van der Waals surface area contributed by atoms with Gasteiger partial charge in [0.2, 0.25) is 0 Å². The predicted octanol–water partition coefficient (Wildman–Crippen LogP) is 7.46. The zero-order chi connectivity index (χ0) is 34.7. The summed E-state index contributed by atoms with van der Waals surface area (Å²) < 4.78 is 34.6. The van der Waals surface area contributed by atoms with Crippen LogP contribution in [0, 0.1) is 5.92 Å². The molecule has 0 saturated carbocycles. The Balaban J connectivity index is 1.54. The Kier molecular flexibility index (Phi) is 13.0. The van der Waals surface area contributed by atoms with Gasteiger partial charge in [-0.1, -0.05) is 24.3 Å². The van der Waals surface area contributed by atoms with Crippen LogP contribution in [0.5, 0.6) is 28.7 Å². The number of methoxy groups -OCH3 is 2. The molecule has 3 aromatic rings. The first-order valence-electron chi connectivity index (χ1n) is 16.5. The summed E-state index contributed by atoms with van der Waals surface area (Å²) in [4.78, 5) is 31.2. The van der Waals surface area contributed by atoms with Crippen LogP contribution in [0.4, 0.5) is 4.79 Å². The molecule has 0 unspecified atom stereocenters. The number of hydrogen-bond acceptors (Lipinski definition) is 8. The number of rotatable bonds is 14. The number of ether oxygens (including phenoxy) is 6. The van der Waals surface area contributed by atoms with E-state index in [9.17, 15) is 9.59 Å². The van der Waals surface area contributed by atoms with Gasteiger partial charge in [-0.25, -0.2) is 4.79 Å². The highest BCUT2D eigenvalue weighted by atomic mass is 16.6. The summed E-state index contributed by atoms with van der Waals surface area (Å²) in [5.74, 6) is 2.86. The zero-order valence-electron chi connectivity index (χ0n) is 29.3. The van der Waals surface area contributed by atoms with Crippen LogP contribution in [0.15, 0.2) is 72.8 Å². The van der Waals surface area contributed by atoms with Gasteiger partial charge in [0.25, 0.3) is 5.91 Å². The van der Waals surface area contributed by atoms with Gasteiger partial charge >= 0.3 is 6.09 Å². The van der Waals surface area contributed by atoms with Crippen LogP contribution in [0.2, 0.25) is 0 Å². The van der Waals surface area contributed by atoms with E-state index in [0.29, 0.717) is 74.3 Å². The minimum absolute atomic E-state index is 0.0698. The number of para-hydroxylation sites is 1. The number of piperidine rings is 1. The summed E-state index contributed by atoms with van der Waals surface area (Å²) in [6.07, 6.45) is 0.925. The third-order valence-corrected chi connectivity index (χ3v) is 7.78. The second kappa shape index (κ2) is 17.1. The van der Waals surface area contributed by atoms with Crippen molar-refractivity contribution in [3.63, 3.8) is 0 Å². The molecule has 1 saturated heterocycles. The van der Waals surface area contributed by atoms with Crippen LogP contribution in [0.3, 0.4) is 0 Å². The highest BCUT2D eigenvalue weighted by molar-refractivity contribution is 5.95. The van der Waals surface area contributed by atoms with Crippen molar-refractivity contribution in [1.82, 2.24) is 9.80 Å². The molecule has 0 aromatic heterocycles. The molecule has 4 rings (SSSR count). The number of hydrogen-bond donors (Lipinski definition) is 0. The van der Waals surface area contributed by atoms with Crippen molar-refractivity contribution in [2.24, 2.45) is 5.92 Å². The number of carbonyl (C=O) groups is 2. The summed E-state index contributed by atoms with van der Waals surface area (Å²) in [7, 11) is 3.22. The van der Waals surface area contributed by atoms with Gasteiger partial charge in [0.05, 0.1) is 26.4 Å². The Morgan fingerprint density at radius 3 is 2.27 bits per heavy atom. The van der Waals surface area contributed by atoms with Crippen LogP contribution in [0.25, 0.3) is 0 Å². The van der Waals surface area contributed by atoms with Crippen LogP contribution in [-0.4, -0.2) is 86.6 Å². The zero-order valence-corrected chi connectivity index (χ0v) is 29.3. The maximum atomic E-state index is 14.2. The van der Waals surface area contributed by atoms with Gasteiger partial charge < -0.3 is 38.2 Å². The minimum atomic E-state index is -0.661. The van der Waals surface area contributed by atoms with E-state index in [1.165, 1.54) is 0 Å². The lowest BCUT2D eigenvalue weighted by Crippen LogP contribution is -2.57. The monoisotopic (exact) mass is 662 g/mol. The van der Waals surface area contributed by atoms with E-state index in [2.05, 4.69) is 0 Å². The van der Waals surface area contributed by atoms with Gasteiger partial charge in [0.1, 0.15) is 22.8 Å². The van der Waals surface area contributed by atoms with Crippen LogP contribution in [0.1, 0.15) is 57.8 Å². The average Bonchev–Trinajstić information content (AvgIpc) is 3.05. The van der Waals surface area contributed by atoms with Crippen LogP contribution >= 0.6 is 0 Å². The van der Waals surface area contributed by atoms with Crippen molar-refractivity contribution >= 4 is 12.0 Å². The Bertz CT molecular complexity index is 1470. The van der Waals surface area contributed by atoms with Gasteiger partial charge in [-0.3, -0.25) is 4.79 Å². The van der Waals surface area contributed by atoms with E-state index >= 15 is 0 Å². The fourth-order valence-corrected chi connectivity index (χ4v) is 5.72. The molecule has 3 aromatic carbocycles. The van der Waals surface area contributed by atoms with Gasteiger partial charge in [-0.2, -0.15) is 0 Å². The van der Waals surface area contributed by atoms with Crippen molar-refractivity contribution in [2.45, 2.75) is 65.1 Å². The molecular weight excluding hydrogens is 612 g/mol. The molecule has 1 aliphatic rings. The Morgan fingerprint density at radius 2 is 1.58 bits per heavy atom. The largest absolute Gasteiger partial charge is 0.493 e. The summed E-state index contributed by atoms with van der Waals surface area (Å²) in [6, 6.07) is 21.8. The number of carbonyl (C=O) groups excluding carboxylic acids is 2. The van der Waals surface area contributed by atoms with Crippen molar-refractivity contribution in [3.8, 4) is 28.7 Å². The van der Waals surface area contributed by atoms with Gasteiger partial charge in [-0.15, -0.1) is 0 Å². The van der Waals surface area contributed by atoms with E-state index in [1.807, 2.05) is 94.1 Å². The Morgan fingerprint density at radius 1 is 0.854 bits per heavy atom. The summed E-state index contributed by atoms with van der Waals surface area (Å²) in [5, 5.41) is 0. The second-order valence-electron chi connectivity index (χ2n) is 13.2. The van der Waals surface area contributed by atoms with Gasteiger partial charge in [0, 0.05) is 56.8 Å². The maximum Gasteiger partial charge on any atom is 0.410 e. The summed E-state index contributed by atoms with van der Waals surface area (Å²) in [6.45, 7) is 11.6. The molecule has 260 valence electrons. The molecule has 1 heterocycles. The first kappa shape index (κ1) is 36.4. The van der Waals surface area contributed by atoms with E-state index in [1.54, 1.807) is 37.3 Å². The Labute approximate surface area is 284 Å². The SMILES string of the molecule is COCCCOc1cc(C(=O)N(C(C)C)[C@@H]2C[C@H](COc3cccc(Oc4ccccc4)c3)CN(C(=O)OC(C)(C)C)C2)ccc1OC. The van der Waals surface area contributed by atoms with Crippen LogP contribution in [-0.2, 0) is 9.47 Å². The number of nitrogens with zero attached hydrogens (tertiary/aromatic N) is 2. The topological polar surface area (TPSA) is 96.0 Å². The lowest BCUT2D eigenvalue weighted by atomic mass is 9.92.